The number of benzene rings is 1. The zero-order chi connectivity index (χ0) is 29.1. The fourth-order valence-electron chi connectivity index (χ4n) is 5.65. The van der Waals surface area contributed by atoms with E-state index in [0.29, 0.717) is 18.9 Å². The summed E-state index contributed by atoms with van der Waals surface area (Å²) in [4.78, 5) is 10.9. The van der Waals surface area contributed by atoms with Gasteiger partial charge < -0.3 is 9.64 Å². The Balaban J connectivity index is 1.62. The van der Waals surface area contributed by atoms with E-state index in [4.69, 9.17) is 21.3 Å². The number of ether oxygens (including phenoxy) is 1. The average Bonchev–Trinajstić information content (AvgIpc) is 2.93. The number of aliphatic imine (C=N–C) groups is 1. The molecule has 0 spiro atoms. The smallest absolute Gasteiger partial charge is 0.0928 e. The van der Waals surface area contributed by atoms with E-state index in [-0.39, 0.29) is 0 Å². The third-order valence-corrected chi connectivity index (χ3v) is 8.95. The van der Waals surface area contributed by atoms with Crippen LogP contribution in [-0.4, -0.2) is 74.2 Å². The molecular formula is C34H48ClN3OS. The summed E-state index contributed by atoms with van der Waals surface area (Å²) in [6, 6.07) is 8.74. The number of hydrogen-bond donors (Lipinski definition) is 0. The molecule has 0 N–H and O–H groups in total. The van der Waals surface area contributed by atoms with Crippen LogP contribution in [0.5, 0.6) is 0 Å². The van der Waals surface area contributed by atoms with Gasteiger partial charge in [-0.25, -0.2) is 0 Å². The minimum Gasteiger partial charge on any atom is -0.498 e. The molecule has 1 aromatic carbocycles. The van der Waals surface area contributed by atoms with Crippen LogP contribution in [0.2, 0.25) is 5.02 Å². The second-order valence-electron chi connectivity index (χ2n) is 10.9. The lowest BCUT2D eigenvalue weighted by Crippen LogP contribution is -2.59. The lowest BCUT2D eigenvalue weighted by molar-refractivity contribution is 0.0353. The Hall–Kier alpha value is -2.05. The van der Waals surface area contributed by atoms with Crippen molar-refractivity contribution in [2.75, 3.05) is 52.6 Å². The molecule has 6 heteroatoms. The molecular weight excluding hydrogens is 534 g/mol. The van der Waals surface area contributed by atoms with Crippen LogP contribution in [-0.2, 0) is 4.74 Å². The Morgan fingerprint density at radius 2 is 1.85 bits per heavy atom. The largest absolute Gasteiger partial charge is 0.498 e. The molecule has 0 saturated carbocycles. The van der Waals surface area contributed by atoms with Crippen molar-refractivity contribution in [1.82, 2.24) is 9.80 Å². The van der Waals surface area contributed by atoms with Crippen molar-refractivity contribution in [3.63, 3.8) is 0 Å². The van der Waals surface area contributed by atoms with Crippen molar-refractivity contribution in [2.45, 2.75) is 52.5 Å². The lowest BCUT2D eigenvalue weighted by Gasteiger charge is -2.46. The van der Waals surface area contributed by atoms with Gasteiger partial charge in [-0.05, 0) is 82.1 Å². The Kier molecular flexibility index (Phi) is 13.3. The molecule has 1 aromatic rings. The topological polar surface area (TPSA) is 28.1 Å². The molecule has 0 aliphatic carbocycles. The van der Waals surface area contributed by atoms with Gasteiger partial charge in [-0.15, -0.1) is 11.8 Å². The highest BCUT2D eigenvalue weighted by atomic mass is 35.5. The van der Waals surface area contributed by atoms with Crippen LogP contribution < -0.4 is 0 Å². The van der Waals surface area contributed by atoms with E-state index in [1.54, 1.807) is 11.8 Å². The highest BCUT2D eigenvalue weighted by Gasteiger charge is 2.33. The number of nitrogens with zero attached hydrogens (tertiary/aromatic N) is 3. The number of halogens is 1. The molecule has 0 unspecified atom stereocenters. The van der Waals surface area contributed by atoms with Crippen LogP contribution in [0.25, 0.3) is 5.57 Å². The minimum atomic E-state index is 0.530. The number of hydrogen-bond acceptors (Lipinski definition) is 5. The standard InChI is InChI=1S/C34H48ClN3OS/c1-8-20-39-26(4)22-25(3)33(29-12-14-31(35)15-13-29)27(5)40-21-10-11-28(9-2)34(36-6)30-16-18-38(19-17-30)32-23-37(7)24-32/h9-15,30,32H,4-5,8,16-24H2,1-3,6-7H3/b11-10+,28-9-,33-25-,36-34+. The molecule has 2 aliphatic heterocycles. The summed E-state index contributed by atoms with van der Waals surface area (Å²) >= 11 is 7.94. The van der Waals surface area contributed by atoms with Crippen molar-refractivity contribution in [1.29, 1.82) is 0 Å². The molecule has 218 valence electrons. The van der Waals surface area contributed by atoms with Crippen LogP contribution in [0.3, 0.4) is 0 Å². The molecule has 0 bridgehead atoms. The number of rotatable bonds is 14. The normalized spacial score (nSPS) is 19.1. The lowest BCUT2D eigenvalue weighted by atomic mass is 9.86. The summed E-state index contributed by atoms with van der Waals surface area (Å²) in [5.74, 6) is 2.15. The first-order chi connectivity index (χ1) is 19.3. The molecule has 0 amide bonds. The van der Waals surface area contributed by atoms with Crippen molar-refractivity contribution < 1.29 is 4.74 Å². The van der Waals surface area contributed by atoms with Crippen molar-refractivity contribution in [3.05, 3.63) is 88.0 Å². The average molecular weight is 582 g/mol. The Bertz CT molecular complexity index is 1120. The number of piperidine rings is 1. The maximum atomic E-state index is 6.19. The van der Waals surface area contributed by atoms with Crippen molar-refractivity contribution in [2.24, 2.45) is 10.9 Å². The van der Waals surface area contributed by atoms with Gasteiger partial charge >= 0.3 is 0 Å². The third-order valence-electron chi connectivity index (χ3n) is 7.79. The predicted molar refractivity (Wildman–Crippen MR) is 177 cm³/mol. The Morgan fingerprint density at radius 1 is 1.18 bits per heavy atom. The summed E-state index contributed by atoms with van der Waals surface area (Å²) in [7, 11) is 4.15. The number of likely N-dealkylation sites (N-methyl/N-ethyl adjacent to an activating group) is 1. The second-order valence-corrected chi connectivity index (χ2v) is 12.5. The van der Waals surface area contributed by atoms with E-state index in [0.717, 1.165) is 45.0 Å². The summed E-state index contributed by atoms with van der Waals surface area (Å²) < 4.78 is 5.78. The monoisotopic (exact) mass is 581 g/mol. The maximum Gasteiger partial charge on any atom is 0.0928 e. The van der Waals surface area contributed by atoms with E-state index in [2.05, 4.69) is 81.1 Å². The quantitative estimate of drug-likeness (QED) is 0.125. The SMILES string of the molecule is C=C(C/C(C)=C(/C(=C)SC/C=C/C(=C/C)C(=N\C)/C1CCN(C2CN(C)C2)CC1)c1ccc(Cl)cc1)OCCC. The van der Waals surface area contributed by atoms with Crippen molar-refractivity contribution in [3.8, 4) is 0 Å². The van der Waals surface area contributed by atoms with Gasteiger partial charge in [0.15, 0.2) is 0 Å². The van der Waals surface area contributed by atoms with E-state index < -0.39 is 0 Å². The van der Waals surface area contributed by atoms with Crippen molar-refractivity contribution >= 4 is 34.6 Å². The molecule has 40 heavy (non-hydrogen) atoms. The molecule has 0 atom stereocenters. The zero-order valence-corrected chi connectivity index (χ0v) is 26.8. The highest BCUT2D eigenvalue weighted by molar-refractivity contribution is 8.03. The van der Waals surface area contributed by atoms with Gasteiger partial charge in [0.2, 0.25) is 0 Å². The van der Waals surface area contributed by atoms with Gasteiger partial charge in [0.05, 0.1) is 12.4 Å². The minimum absolute atomic E-state index is 0.530. The van der Waals surface area contributed by atoms with Gasteiger partial charge in [-0.3, -0.25) is 9.89 Å². The van der Waals surface area contributed by atoms with Gasteiger partial charge in [0.1, 0.15) is 0 Å². The summed E-state index contributed by atoms with van der Waals surface area (Å²) in [6.45, 7) is 20.4. The number of likely N-dealkylation sites (tertiary alicyclic amines) is 2. The van der Waals surface area contributed by atoms with E-state index in [9.17, 15) is 0 Å². The van der Waals surface area contributed by atoms with Crippen LogP contribution >= 0.6 is 23.4 Å². The number of thioether (sulfide) groups is 1. The van der Waals surface area contributed by atoms with Gasteiger partial charge in [-0.1, -0.05) is 67.6 Å². The van der Waals surface area contributed by atoms with E-state index >= 15 is 0 Å². The molecule has 0 radical (unpaired) electrons. The Morgan fingerprint density at radius 3 is 2.42 bits per heavy atom. The van der Waals surface area contributed by atoms with Crippen LogP contribution in [0.15, 0.2) is 82.5 Å². The maximum absolute atomic E-state index is 6.19. The second kappa shape index (κ2) is 16.4. The summed E-state index contributed by atoms with van der Waals surface area (Å²) in [5.41, 5.74) is 5.93. The first-order valence-corrected chi connectivity index (χ1v) is 15.9. The molecule has 3 rings (SSSR count). The van der Waals surface area contributed by atoms with E-state index in [1.165, 1.54) is 55.9 Å². The molecule has 2 saturated heterocycles. The number of allylic oxidation sites excluding steroid dienone is 5. The summed E-state index contributed by atoms with van der Waals surface area (Å²) in [5, 5.41) is 0.728. The first kappa shape index (κ1) is 32.5. The third kappa shape index (κ3) is 9.24. The highest BCUT2D eigenvalue weighted by Crippen LogP contribution is 2.36. The van der Waals surface area contributed by atoms with Crippen LogP contribution in [0.1, 0.15) is 52.0 Å². The van der Waals surface area contributed by atoms with Crippen LogP contribution in [0.4, 0.5) is 0 Å². The van der Waals surface area contributed by atoms with Gasteiger partial charge in [0.25, 0.3) is 0 Å². The predicted octanol–water partition coefficient (Wildman–Crippen LogP) is 8.29. The Labute approximate surface area is 252 Å². The molecule has 2 fully saturated rings. The fraction of sp³-hybridized carbons (Fsp3) is 0.500. The van der Waals surface area contributed by atoms with Gasteiger partial charge in [0, 0.05) is 59.9 Å². The van der Waals surface area contributed by atoms with Gasteiger partial charge in [-0.2, -0.15) is 0 Å². The molecule has 2 heterocycles. The molecule has 4 nitrogen and oxygen atoms in total. The summed E-state index contributed by atoms with van der Waals surface area (Å²) in [6.07, 6.45) is 10.7. The molecule has 2 aliphatic rings. The zero-order valence-electron chi connectivity index (χ0n) is 25.2. The molecule has 0 aromatic heterocycles. The van der Waals surface area contributed by atoms with Crippen LogP contribution in [0, 0.1) is 5.92 Å². The first-order valence-electron chi connectivity index (χ1n) is 14.6. The van der Waals surface area contributed by atoms with E-state index in [1.807, 2.05) is 19.2 Å². The fourth-order valence-corrected chi connectivity index (χ4v) is 6.61.